The molecule has 1 aliphatic heterocycles. The monoisotopic (exact) mass is 428 g/mol. The molecule has 1 aromatic heterocycles. The number of benzene rings is 1. The van der Waals surface area contributed by atoms with Crippen molar-refractivity contribution >= 4 is 34.7 Å². The number of halogens is 1. The lowest BCUT2D eigenvalue weighted by Crippen LogP contribution is -2.46. The fraction of sp³-hybridized carbons (Fsp3) is 0.250. The fourth-order valence-corrected chi connectivity index (χ4v) is 4.06. The number of carbonyl (C=O) groups is 1. The van der Waals surface area contributed by atoms with E-state index < -0.39 is 23.2 Å². The van der Waals surface area contributed by atoms with E-state index in [4.69, 9.17) is 5.14 Å². The molecule has 0 spiro atoms. The summed E-state index contributed by atoms with van der Waals surface area (Å²) >= 11 is -1.51. The van der Waals surface area contributed by atoms with Gasteiger partial charge in [-0.25, -0.2) is 9.37 Å². The molecule has 1 amide bonds. The Balaban J connectivity index is 1.62. The standard InChI is InChI=1S/C20H21FN6O2S/c1-26-16-11-23-20(24-12-7-9-13(10-8-12)30(22)29)25-18(16)27(2)17(19(26)28)14-5-3-4-6-15(14)21/h3-7,9-12,17H,8,22H2,1-2H3,(H,23,24,25). The highest BCUT2D eigenvalue weighted by atomic mass is 32.2. The summed E-state index contributed by atoms with van der Waals surface area (Å²) in [4.78, 5) is 25.5. The number of nitrogens with one attached hydrogen (secondary N) is 1. The Bertz CT molecular complexity index is 1040. The lowest BCUT2D eigenvalue weighted by atomic mass is 10.0. The Labute approximate surface area is 176 Å². The molecule has 0 radical (unpaired) electrons. The zero-order valence-corrected chi connectivity index (χ0v) is 17.3. The molecule has 2 heterocycles. The number of aromatic nitrogens is 2. The third-order valence-electron chi connectivity index (χ3n) is 5.21. The van der Waals surface area contributed by atoms with Crippen LogP contribution < -0.4 is 20.3 Å². The highest BCUT2D eigenvalue weighted by Crippen LogP contribution is 2.39. The average Bonchev–Trinajstić information content (AvgIpc) is 2.74. The van der Waals surface area contributed by atoms with Crippen molar-refractivity contribution in [2.45, 2.75) is 18.5 Å². The summed E-state index contributed by atoms with van der Waals surface area (Å²) in [7, 11) is 3.34. The largest absolute Gasteiger partial charge is 0.593 e. The van der Waals surface area contributed by atoms with E-state index in [0.717, 1.165) is 0 Å². The maximum absolute atomic E-state index is 14.4. The van der Waals surface area contributed by atoms with Gasteiger partial charge in [0.05, 0.1) is 23.6 Å². The molecule has 0 fully saturated rings. The number of rotatable bonds is 4. The Morgan fingerprint density at radius 2 is 2.10 bits per heavy atom. The first-order valence-electron chi connectivity index (χ1n) is 9.29. The molecule has 3 unspecified atom stereocenters. The van der Waals surface area contributed by atoms with Crippen molar-refractivity contribution in [3.63, 3.8) is 0 Å². The third kappa shape index (κ3) is 3.64. The smallest absolute Gasteiger partial charge is 0.254 e. The van der Waals surface area contributed by atoms with Gasteiger partial charge in [0.25, 0.3) is 5.91 Å². The number of anilines is 3. The summed E-state index contributed by atoms with van der Waals surface area (Å²) in [5.74, 6) is 0.180. The second-order valence-corrected chi connectivity index (χ2v) is 8.15. The van der Waals surface area contributed by atoms with Crippen molar-refractivity contribution in [1.29, 1.82) is 0 Å². The number of fused-ring (bicyclic) bond motifs is 1. The first kappa shape index (κ1) is 20.3. The highest BCUT2D eigenvalue weighted by Gasteiger charge is 2.38. The summed E-state index contributed by atoms with van der Waals surface area (Å²) in [6, 6.07) is 5.31. The van der Waals surface area contributed by atoms with Crippen molar-refractivity contribution in [1.82, 2.24) is 9.97 Å². The Hall–Kier alpha value is -2.95. The van der Waals surface area contributed by atoms with Crippen LogP contribution in [-0.2, 0) is 16.2 Å². The number of carbonyl (C=O) groups excluding carboxylic acids is 1. The summed E-state index contributed by atoms with van der Waals surface area (Å²) in [6.45, 7) is 0. The second-order valence-electron chi connectivity index (χ2n) is 7.08. The second kappa shape index (κ2) is 8.05. The number of hydrogen-bond acceptors (Lipinski definition) is 7. The van der Waals surface area contributed by atoms with Gasteiger partial charge in [-0.15, -0.1) is 5.14 Å². The Kier molecular flexibility index (Phi) is 5.46. The van der Waals surface area contributed by atoms with Gasteiger partial charge >= 0.3 is 0 Å². The highest BCUT2D eigenvalue weighted by molar-refractivity contribution is 7.93. The van der Waals surface area contributed by atoms with Crippen molar-refractivity contribution < 1.29 is 13.7 Å². The van der Waals surface area contributed by atoms with Crippen LogP contribution >= 0.6 is 0 Å². The predicted molar refractivity (Wildman–Crippen MR) is 115 cm³/mol. The lowest BCUT2D eigenvalue weighted by molar-refractivity contribution is -0.120. The van der Waals surface area contributed by atoms with Crippen LogP contribution in [0.15, 0.2) is 53.6 Å². The van der Waals surface area contributed by atoms with Gasteiger partial charge in [0.15, 0.2) is 10.7 Å². The van der Waals surface area contributed by atoms with Gasteiger partial charge in [-0.05, 0) is 24.6 Å². The molecule has 0 saturated heterocycles. The Morgan fingerprint density at radius 1 is 1.33 bits per heavy atom. The molecule has 0 saturated carbocycles. The van der Waals surface area contributed by atoms with Gasteiger partial charge in [0.1, 0.15) is 17.5 Å². The zero-order valence-electron chi connectivity index (χ0n) is 16.4. The third-order valence-corrected chi connectivity index (χ3v) is 5.98. The molecular weight excluding hydrogens is 407 g/mol. The van der Waals surface area contributed by atoms with E-state index in [1.165, 1.54) is 11.0 Å². The maximum Gasteiger partial charge on any atom is 0.254 e. The first-order chi connectivity index (χ1) is 14.4. The van der Waals surface area contributed by atoms with E-state index in [2.05, 4.69) is 15.3 Å². The molecule has 1 aliphatic carbocycles. The topological polar surface area (TPSA) is 110 Å². The maximum atomic E-state index is 14.4. The molecule has 2 aromatic rings. The van der Waals surface area contributed by atoms with Crippen LogP contribution in [0.2, 0.25) is 0 Å². The van der Waals surface area contributed by atoms with Crippen LogP contribution in [0.1, 0.15) is 18.0 Å². The molecule has 30 heavy (non-hydrogen) atoms. The minimum Gasteiger partial charge on any atom is -0.593 e. The summed E-state index contributed by atoms with van der Waals surface area (Å²) in [5.41, 5.74) is 0.832. The molecule has 10 heteroatoms. The molecular formula is C20H21FN6O2S. The first-order valence-corrected chi connectivity index (χ1v) is 10.5. The molecule has 0 bridgehead atoms. The minimum absolute atomic E-state index is 0.0917. The van der Waals surface area contributed by atoms with E-state index in [1.807, 2.05) is 6.08 Å². The van der Waals surface area contributed by atoms with E-state index in [0.29, 0.717) is 34.3 Å². The number of nitrogens with zero attached hydrogens (tertiary/aromatic N) is 4. The van der Waals surface area contributed by atoms with E-state index in [1.54, 1.807) is 55.5 Å². The van der Waals surface area contributed by atoms with Gasteiger partial charge in [-0.1, -0.05) is 24.3 Å². The van der Waals surface area contributed by atoms with Gasteiger partial charge in [0, 0.05) is 19.7 Å². The van der Waals surface area contributed by atoms with Gasteiger partial charge in [-0.3, -0.25) is 4.79 Å². The number of hydrogen-bond donors (Lipinski definition) is 2. The summed E-state index contributed by atoms with van der Waals surface area (Å²) < 4.78 is 25.8. The van der Waals surface area contributed by atoms with Crippen LogP contribution in [0.3, 0.4) is 0 Å². The number of nitrogens with two attached hydrogens (primary N) is 1. The predicted octanol–water partition coefficient (Wildman–Crippen LogP) is 2.02. The van der Waals surface area contributed by atoms with Gasteiger partial charge < -0.3 is 19.7 Å². The molecule has 4 rings (SSSR count). The lowest BCUT2D eigenvalue weighted by Gasteiger charge is -2.38. The number of amides is 1. The van der Waals surface area contributed by atoms with Crippen molar-refractivity contribution in [3.05, 3.63) is 65.0 Å². The molecule has 3 N–H and O–H groups in total. The molecule has 2 aliphatic rings. The number of likely N-dealkylation sites (N-methyl/N-ethyl adjacent to an activating group) is 2. The normalized spacial score (nSPS) is 21.9. The van der Waals surface area contributed by atoms with Gasteiger partial charge in [-0.2, -0.15) is 4.98 Å². The fourth-order valence-electron chi connectivity index (χ4n) is 3.58. The van der Waals surface area contributed by atoms with Crippen LogP contribution in [0.25, 0.3) is 0 Å². The zero-order chi connectivity index (χ0) is 21.4. The van der Waals surface area contributed by atoms with Gasteiger partial charge in [0.2, 0.25) is 5.95 Å². The molecule has 8 nitrogen and oxygen atoms in total. The van der Waals surface area contributed by atoms with Crippen molar-refractivity contribution in [3.8, 4) is 0 Å². The van der Waals surface area contributed by atoms with E-state index >= 15 is 0 Å². The SMILES string of the molecule is CN1C(=O)C(c2ccccc2F)N(C)c2nc(NC3C=CC([S+](N)[O-])=CC3)ncc21. The van der Waals surface area contributed by atoms with E-state index in [-0.39, 0.29) is 11.9 Å². The van der Waals surface area contributed by atoms with Crippen LogP contribution in [0.5, 0.6) is 0 Å². The quantitative estimate of drug-likeness (QED) is 0.717. The Morgan fingerprint density at radius 3 is 2.77 bits per heavy atom. The van der Waals surface area contributed by atoms with Crippen LogP contribution in [-0.4, -0.2) is 40.6 Å². The van der Waals surface area contributed by atoms with Crippen LogP contribution in [0.4, 0.5) is 21.8 Å². The van der Waals surface area contributed by atoms with Crippen molar-refractivity contribution in [2.75, 3.05) is 29.2 Å². The van der Waals surface area contributed by atoms with Crippen molar-refractivity contribution in [2.24, 2.45) is 5.14 Å². The van der Waals surface area contributed by atoms with E-state index in [9.17, 15) is 13.7 Å². The summed E-state index contributed by atoms with van der Waals surface area (Å²) in [6.07, 6.45) is 7.52. The minimum atomic E-state index is -1.51. The average molecular weight is 428 g/mol. The number of allylic oxidation sites excluding steroid dienone is 1. The molecule has 1 aromatic carbocycles. The molecule has 156 valence electrons. The molecule has 3 atom stereocenters. The summed E-state index contributed by atoms with van der Waals surface area (Å²) in [5, 5.41) is 8.60. The van der Waals surface area contributed by atoms with Crippen LogP contribution in [0, 0.1) is 5.82 Å².